The molecular weight excluding hydrogens is 268 g/mol. The van der Waals surface area contributed by atoms with Gasteiger partial charge in [-0.2, -0.15) is 0 Å². The van der Waals surface area contributed by atoms with Crippen LogP contribution in [0, 0.1) is 0 Å². The summed E-state index contributed by atoms with van der Waals surface area (Å²) in [5.74, 6) is 0.0971. The maximum atomic E-state index is 10.8. The second-order valence-corrected chi connectivity index (χ2v) is 5.23. The zero-order valence-electron chi connectivity index (χ0n) is 11.8. The number of carbonyl (C=O) groups is 1. The molecule has 6 heteroatoms. The van der Waals surface area contributed by atoms with Crippen LogP contribution in [-0.2, 0) is 4.79 Å². The topological polar surface area (TPSA) is 69.6 Å². The number of hydrogen-bond acceptors (Lipinski definition) is 5. The molecule has 1 aliphatic heterocycles. The lowest BCUT2D eigenvalue weighted by Crippen LogP contribution is -2.34. The van der Waals surface area contributed by atoms with Gasteiger partial charge in [-0.3, -0.25) is 14.7 Å². The van der Waals surface area contributed by atoms with Crippen molar-refractivity contribution in [1.82, 2.24) is 14.9 Å². The van der Waals surface area contributed by atoms with Gasteiger partial charge in [0.05, 0.1) is 23.8 Å². The van der Waals surface area contributed by atoms with Crippen LogP contribution in [0.25, 0.3) is 11.0 Å². The Kier molecular flexibility index (Phi) is 3.96. The smallest absolute Gasteiger partial charge is 0.317 e. The predicted molar refractivity (Wildman–Crippen MR) is 80.4 cm³/mol. The van der Waals surface area contributed by atoms with E-state index < -0.39 is 5.97 Å². The summed E-state index contributed by atoms with van der Waals surface area (Å²) in [5.41, 5.74) is 1.78. The minimum atomic E-state index is -0.769. The van der Waals surface area contributed by atoms with Crippen LogP contribution in [0.15, 0.2) is 30.5 Å². The van der Waals surface area contributed by atoms with E-state index in [1.807, 2.05) is 29.2 Å². The predicted octanol–water partition coefficient (Wildman–Crippen LogP) is 1.23. The van der Waals surface area contributed by atoms with E-state index in [1.54, 1.807) is 6.20 Å². The molecule has 110 valence electrons. The standard InChI is InChI=1S/C15H18N4O2/c20-15(21)11-18-6-3-7-19(9-8-18)14-10-16-12-4-1-2-5-13(12)17-14/h1-2,4-5,10H,3,6-9,11H2,(H,20,21). The number of carboxylic acids is 1. The molecule has 0 unspecified atom stereocenters. The minimum Gasteiger partial charge on any atom is -0.480 e. The number of anilines is 1. The number of rotatable bonds is 3. The van der Waals surface area contributed by atoms with E-state index in [0.29, 0.717) is 0 Å². The number of hydrogen-bond donors (Lipinski definition) is 1. The number of aliphatic carboxylic acids is 1. The highest BCUT2D eigenvalue weighted by molar-refractivity contribution is 5.75. The molecule has 1 aromatic heterocycles. The third-order valence-electron chi connectivity index (χ3n) is 3.71. The molecular formula is C15H18N4O2. The number of fused-ring (bicyclic) bond motifs is 1. The van der Waals surface area contributed by atoms with Gasteiger partial charge in [0.25, 0.3) is 0 Å². The molecule has 0 aliphatic carbocycles. The summed E-state index contributed by atoms with van der Waals surface area (Å²) in [6, 6.07) is 7.81. The summed E-state index contributed by atoms with van der Waals surface area (Å²) in [7, 11) is 0. The first-order valence-corrected chi connectivity index (χ1v) is 7.13. The van der Waals surface area contributed by atoms with Crippen LogP contribution in [0.2, 0.25) is 0 Å². The summed E-state index contributed by atoms with van der Waals surface area (Å²) < 4.78 is 0. The second kappa shape index (κ2) is 6.05. The van der Waals surface area contributed by atoms with Crippen molar-refractivity contribution >= 4 is 22.8 Å². The lowest BCUT2D eigenvalue weighted by Gasteiger charge is -2.21. The van der Waals surface area contributed by atoms with Crippen LogP contribution in [0.5, 0.6) is 0 Å². The number of nitrogens with zero attached hydrogens (tertiary/aromatic N) is 4. The molecule has 1 saturated heterocycles. The van der Waals surface area contributed by atoms with E-state index in [0.717, 1.165) is 49.5 Å². The molecule has 1 fully saturated rings. The normalized spacial score (nSPS) is 16.9. The molecule has 0 radical (unpaired) electrons. The molecule has 1 aromatic carbocycles. The van der Waals surface area contributed by atoms with E-state index >= 15 is 0 Å². The van der Waals surface area contributed by atoms with Crippen LogP contribution in [0.3, 0.4) is 0 Å². The van der Waals surface area contributed by atoms with Crippen molar-refractivity contribution in [2.75, 3.05) is 37.6 Å². The van der Waals surface area contributed by atoms with Crippen molar-refractivity contribution in [3.63, 3.8) is 0 Å². The number of para-hydroxylation sites is 2. The number of benzene rings is 1. The summed E-state index contributed by atoms with van der Waals surface area (Å²) in [5, 5.41) is 8.88. The first kappa shape index (κ1) is 13.8. The average molecular weight is 286 g/mol. The summed E-state index contributed by atoms with van der Waals surface area (Å²) in [6.07, 6.45) is 2.73. The minimum absolute atomic E-state index is 0.108. The lowest BCUT2D eigenvalue weighted by molar-refractivity contribution is -0.138. The van der Waals surface area contributed by atoms with Crippen molar-refractivity contribution in [2.24, 2.45) is 0 Å². The van der Waals surface area contributed by atoms with Crippen LogP contribution in [-0.4, -0.2) is 58.7 Å². The Morgan fingerprint density at radius 3 is 2.76 bits per heavy atom. The first-order valence-electron chi connectivity index (χ1n) is 7.13. The maximum absolute atomic E-state index is 10.8. The van der Waals surface area contributed by atoms with E-state index in [4.69, 9.17) is 5.11 Å². The Morgan fingerprint density at radius 1 is 1.14 bits per heavy atom. The largest absolute Gasteiger partial charge is 0.480 e. The zero-order valence-corrected chi connectivity index (χ0v) is 11.8. The fourth-order valence-electron chi connectivity index (χ4n) is 2.65. The Labute approximate surface area is 123 Å². The highest BCUT2D eigenvalue weighted by Crippen LogP contribution is 2.16. The van der Waals surface area contributed by atoms with Crippen LogP contribution in [0.1, 0.15) is 6.42 Å². The Bertz CT molecular complexity index is 646. The first-order chi connectivity index (χ1) is 10.2. The molecule has 1 N–H and O–H groups in total. The summed E-state index contributed by atoms with van der Waals surface area (Å²) in [4.78, 5) is 24.0. The molecule has 2 aromatic rings. The van der Waals surface area contributed by atoms with Gasteiger partial charge >= 0.3 is 5.97 Å². The fraction of sp³-hybridized carbons (Fsp3) is 0.400. The van der Waals surface area contributed by atoms with Gasteiger partial charge in [-0.05, 0) is 18.6 Å². The second-order valence-electron chi connectivity index (χ2n) is 5.23. The molecule has 0 bridgehead atoms. The molecule has 6 nitrogen and oxygen atoms in total. The van der Waals surface area contributed by atoms with Crippen molar-refractivity contribution < 1.29 is 9.90 Å². The molecule has 1 aliphatic rings. The number of aromatic nitrogens is 2. The van der Waals surface area contributed by atoms with Gasteiger partial charge in [0, 0.05) is 26.2 Å². The van der Waals surface area contributed by atoms with Crippen molar-refractivity contribution in [3.8, 4) is 0 Å². The summed E-state index contributed by atoms with van der Waals surface area (Å²) in [6.45, 7) is 3.31. The number of carboxylic acid groups (broad SMARTS) is 1. The average Bonchev–Trinajstić information content (AvgIpc) is 2.72. The van der Waals surface area contributed by atoms with Crippen molar-refractivity contribution in [2.45, 2.75) is 6.42 Å². The van der Waals surface area contributed by atoms with E-state index in [1.165, 1.54) is 0 Å². The highest BCUT2D eigenvalue weighted by atomic mass is 16.4. The van der Waals surface area contributed by atoms with Crippen molar-refractivity contribution in [3.05, 3.63) is 30.5 Å². The molecule has 0 saturated carbocycles. The quantitative estimate of drug-likeness (QED) is 0.915. The van der Waals surface area contributed by atoms with E-state index in [9.17, 15) is 4.79 Å². The fourth-order valence-corrected chi connectivity index (χ4v) is 2.65. The van der Waals surface area contributed by atoms with Gasteiger partial charge in [-0.1, -0.05) is 12.1 Å². The van der Waals surface area contributed by atoms with Crippen LogP contribution < -0.4 is 4.90 Å². The molecule has 0 spiro atoms. The van der Waals surface area contributed by atoms with Gasteiger partial charge in [0.1, 0.15) is 5.82 Å². The molecule has 3 rings (SSSR count). The summed E-state index contributed by atoms with van der Waals surface area (Å²) >= 11 is 0. The lowest BCUT2D eigenvalue weighted by atomic mass is 10.3. The third kappa shape index (κ3) is 3.28. The molecule has 21 heavy (non-hydrogen) atoms. The molecule has 0 amide bonds. The van der Waals surface area contributed by atoms with E-state index in [-0.39, 0.29) is 6.54 Å². The van der Waals surface area contributed by atoms with Gasteiger partial charge in [-0.25, -0.2) is 4.98 Å². The van der Waals surface area contributed by atoms with Gasteiger partial charge in [0.15, 0.2) is 0 Å². The monoisotopic (exact) mass is 286 g/mol. The Hall–Kier alpha value is -2.21. The van der Waals surface area contributed by atoms with E-state index in [2.05, 4.69) is 14.9 Å². The molecule has 2 heterocycles. The van der Waals surface area contributed by atoms with Gasteiger partial charge in [0.2, 0.25) is 0 Å². The van der Waals surface area contributed by atoms with Crippen LogP contribution >= 0.6 is 0 Å². The third-order valence-corrected chi connectivity index (χ3v) is 3.71. The van der Waals surface area contributed by atoms with Gasteiger partial charge in [-0.15, -0.1) is 0 Å². The Balaban J connectivity index is 1.74. The van der Waals surface area contributed by atoms with Gasteiger partial charge < -0.3 is 10.0 Å². The van der Waals surface area contributed by atoms with Crippen LogP contribution in [0.4, 0.5) is 5.82 Å². The zero-order chi connectivity index (χ0) is 14.7. The Morgan fingerprint density at radius 2 is 1.95 bits per heavy atom. The SMILES string of the molecule is O=C(O)CN1CCCN(c2cnc3ccccc3n2)CC1. The molecule has 0 atom stereocenters. The van der Waals surface area contributed by atoms with Crippen molar-refractivity contribution in [1.29, 1.82) is 0 Å². The highest BCUT2D eigenvalue weighted by Gasteiger charge is 2.18. The maximum Gasteiger partial charge on any atom is 0.317 e.